The molecule has 5 aromatic rings. The Labute approximate surface area is 288 Å². The van der Waals surface area contributed by atoms with Crippen molar-refractivity contribution in [1.29, 1.82) is 0 Å². The van der Waals surface area contributed by atoms with Gasteiger partial charge in [-0.2, -0.15) is 5.10 Å². The van der Waals surface area contributed by atoms with Gasteiger partial charge < -0.3 is 19.5 Å². The lowest BCUT2D eigenvalue weighted by atomic mass is 10.1. The number of halogens is 2. The van der Waals surface area contributed by atoms with Crippen LogP contribution >= 0.6 is 11.6 Å². The Hall–Kier alpha value is -3.42. The summed E-state index contributed by atoms with van der Waals surface area (Å²) in [7, 11) is -1.23. The molecule has 0 aliphatic carbocycles. The number of nitrogens with zero attached hydrogens (tertiary/aromatic N) is 8. The summed E-state index contributed by atoms with van der Waals surface area (Å²) in [5.74, 6) is 0.685. The number of fused-ring (bicyclic) bond motifs is 2. The second-order valence-corrected chi connectivity index (χ2v) is 20.2. The second-order valence-electron chi connectivity index (χ2n) is 14.2. The number of anilines is 2. The molecule has 0 saturated carbocycles. The van der Waals surface area contributed by atoms with Crippen molar-refractivity contribution in [3.05, 3.63) is 58.9 Å². The van der Waals surface area contributed by atoms with Crippen LogP contribution in [0.2, 0.25) is 30.7 Å². The smallest absolute Gasteiger partial charge is 0.227 e. The van der Waals surface area contributed by atoms with Crippen LogP contribution in [0.5, 0.6) is 0 Å². The first kappa shape index (κ1) is 34.4. The normalized spacial score (nSPS) is 15.0. The van der Waals surface area contributed by atoms with E-state index in [2.05, 4.69) is 77.6 Å². The van der Waals surface area contributed by atoms with E-state index in [4.69, 9.17) is 26.4 Å². The predicted octanol–water partition coefficient (Wildman–Crippen LogP) is 7.72. The summed E-state index contributed by atoms with van der Waals surface area (Å²) in [5, 5.41) is 9.60. The Balaban J connectivity index is 1.34. The van der Waals surface area contributed by atoms with E-state index < -0.39 is 13.9 Å². The minimum absolute atomic E-state index is 0.110. The van der Waals surface area contributed by atoms with Crippen molar-refractivity contribution < 1.29 is 9.13 Å². The summed E-state index contributed by atoms with van der Waals surface area (Å²) < 4.78 is 25.5. The highest BCUT2D eigenvalue weighted by Gasteiger charge is 2.21. The van der Waals surface area contributed by atoms with Crippen LogP contribution in [-0.4, -0.2) is 86.5 Å². The Morgan fingerprint density at radius 3 is 2.50 bits per heavy atom. The third-order valence-corrected chi connectivity index (χ3v) is 11.1. The average Bonchev–Trinajstić information content (AvgIpc) is 3.62. The van der Waals surface area contributed by atoms with Crippen molar-refractivity contribution >= 4 is 53.2 Å². The van der Waals surface area contributed by atoms with Crippen molar-refractivity contribution in [2.75, 3.05) is 44.6 Å². The highest BCUT2D eigenvalue weighted by atomic mass is 35.5. The molecule has 6 rings (SSSR count). The van der Waals surface area contributed by atoms with Crippen LogP contribution < -0.4 is 5.32 Å². The number of aryl methyl sites for hydroxylation is 1. The van der Waals surface area contributed by atoms with Crippen LogP contribution in [0.15, 0.2) is 36.7 Å². The molecule has 256 valence electrons. The van der Waals surface area contributed by atoms with Gasteiger partial charge in [-0.05, 0) is 57.1 Å². The highest BCUT2D eigenvalue weighted by molar-refractivity contribution is 6.76. The molecule has 1 aliphatic rings. The molecular formula is C35H47ClFN9OSi. The zero-order valence-electron chi connectivity index (χ0n) is 29.1. The van der Waals surface area contributed by atoms with E-state index in [1.807, 2.05) is 28.4 Å². The summed E-state index contributed by atoms with van der Waals surface area (Å²) in [5.41, 5.74) is 4.98. The first-order valence-corrected chi connectivity index (χ1v) is 21.0. The lowest BCUT2D eigenvalue weighted by Gasteiger charge is -2.34. The number of hydrogen-bond donors (Lipinski definition) is 1. The first-order valence-electron chi connectivity index (χ1n) is 16.9. The van der Waals surface area contributed by atoms with E-state index in [0.717, 1.165) is 67.7 Å². The van der Waals surface area contributed by atoms with Gasteiger partial charge in [0.25, 0.3) is 0 Å². The monoisotopic (exact) mass is 691 g/mol. The third kappa shape index (κ3) is 7.42. The molecule has 48 heavy (non-hydrogen) atoms. The topological polar surface area (TPSA) is 89.2 Å². The largest absolute Gasteiger partial charge is 0.360 e. The van der Waals surface area contributed by atoms with Crippen molar-refractivity contribution in [3.8, 4) is 11.3 Å². The lowest BCUT2D eigenvalue weighted by Crippen LogP contribution is -2.45. The van der Waals surface area contributed by atoms with Gasteiger partial charge in [0.05, 0.1) is 39.8 Å². The average molecular weight is 692 g/mol. The molecule has 1 aliphatic heterocycles. The number of hydrogen-bond acceptors (Lipinski definition) is 8. The minimum Gasteiger partial charge on any atom is -0.360 e. The van der Waals surface area contributed by atoms with Crippen LogP contribution in [0.3, 0.4) is 0 Å². The van der Waals surface area contributed by atoms with Gasteiger partial charge in [0.15, 0.2) is 5.82 Å². The SMILES string of the molecule is CCN1CCN(Cc2ccc(Nc3ncc(Cl)c(-c4cc(F)c5nc(C)n(C(C)C)c5c4)n3)c3c2cnn3COCC[Si](C)(C)C)CC1. The van der Waals surface area contributed by atoms with Crippen LogP contribution in [0.4, 0.5) is 16.0 Å². The number of ether oxygens (including phenoxy) is 1. The van der Waals surface area contributed by atoms with Gasteiger partial charge in [0.2, 0.25) is 5.95 Å². The zero-order chi connectivity index (χ0) is 34.2. The molecule has 3 aromatic heterocycles. The molecular weight excluding hydrogens is 645 g/mol. The fourth-order valence-electron chi connectivity index (χ4n) is 6.44. The van der Waals surface area contributed by atoms with E-state index in [9.17, 15) is 0 Å². The molecule has 0 atom stereocenters. The Bertz CT molecular complexity index is 1910. The number of imidazole rings is 1. The van der Waals surface area contributed by atoms with Crippen LogP contribution in [0.1, 0.15) is 38.2 Å². The number of nitrogens with one attached hydrogen (secondary N) is 1. The van der Waals surface area contributed by atoms with Crippen molar-refractivity contribution in [3.63, 3.8) is 0 Å². The van der Waals surface area contributed by atoms with E-state index in [0.29, 0.717) is 46.6 Å². The molecule has 10 nitrogen and oxygen atoms in total. The van der Waals surface area contributed by atoms with Gasteiger partial charge in [-0.15, -0.1) is 0 Å². The quantitative estimate of drug-likeness (QED) is 0.105. The minimum atomic E-state index is -1.23. The van der Waals surface area contributed by atoms with Gasteiger partial charge >= 0.3 is 0 Å². The summed E-state index contributed by atoms with van der Waals surface area (Å²) in [6, 6.07) is 8.75. The molecule has 0 spiro atoms. The first-order chi connectivity index (χ1) is 22.9. The lowest BCUT2D eigenvalue weighted by molar-refractivity contribution is 0.0817. The van der Waals surface area contributed by atoms with Gasteiger partial charge in [0, 0.05) is 64.4 Å². The van der Waals surface area contributed by atoms with Crippen LogP contribution in [0, 0.1) is 12.7 Å². The van der Waals surface area contributed by atoms with Gasteiger partial charge in [0.1, 0.15) is 18.1 Å². The van der Waals surface area contributed by atoms with Crippen molar-refractivity contribution in [2.45, 2.75) is 72.7 Å². The Kier molecular flexibility index (Phi) is 10.2. The van der Waals surface area contributed by atoms with Gasteiger partial charge in [-0.1, -0.05) is 44.2 Å². The van der Waals surface area contributed by atoms with Gasteiger partial charge in [-0.3, -0.25) is 4.90 Å². The third-order valence-electron chi connectivity index (χ3n) is 9.11. The molecule has 0 unspecified atom stereocenters. The predicted molar refractivity (Wildman–Crippen MR) is 195 cm³/mol. The van der Waals surface area contributed by atoms with Crippen molar-refractivity contribution in [2.24, 2.45) is 0 Å². The number of benzene rings is 2. The molecule has 1 saturated heterocycles. The molecule has 13 heteroatoms. The zero-order valence-corrected chi connectivity index (χ0v) is 30.9. The summed E-state index contributed by atoms with van der Waals surface area (Å²) >= 11 is 6.65. The Morgan fingerprint density at radius 1 is 1.04 bits per heavy atom. The van der Waals surface area contributed by atoms with Crippen molar-refractivity contribution in [1.82, 2.24) is 39.1 Å². The molecule has 2 aromatic carbocycles. The second kappa shape index (κ2) is 14.2. The maximum Gasteiger partial charge on any atom is 0.227 e. The Morgan fingerprint density at radius 2 is 1.79 bits per heavy atom. The van der Waals surface area contributed by atoms with Crippen LogP contribution in [0.25, 0.3) is 33.2 Å². The summed E-state index contributed by atoms with van der Waals surface area (Å²) in [4.78, 5) is 18.8. The number of aromatic nitrogens is 6. The molecule has 0 radical (unpaired) electrons. The maximum absolute atomic E-state index is 15.4. The molecule has 1 fully saturated rings. The van der Waals surface area contributed by atoms with E-state index in [-0.39, 0.29) is 6.04 Å². The fourth-order valence-corrected chi connectivity index (χ4v) is 7.39. The summed E-state index contributed by atoms with van der Waals surface area (Å²) in [6.07, 6.45) is 3.49. The number of rotatable bonds is 12. The van der Waals surface area contributed by atoms with Gasteiger partial charge in [-0.25, -0.2) is 24.0 Å². The molecule has 0 bridgehead atoms. The molecule has 1 N–H and O–H groups in total. The van der Waals surface area contributed by atoms with Crippen LogP contribution in [-0.2, 0) is 18.0 Å². The van der Waals surface area contributed by atoms with E-state index in [1.54, 1.807) is 6.20 Å². The molecule has 0 amide bonds. The highest BCUT2D eigenvalue weighted by Crippen LogP contribution is 2.34. The number of likely N-dealkylation sites (N-methyl/N-ethyl adjacent to an activating group) is 1. The maximum atomic E-state index is 15.4. The fraction of sp³-hybridized carbons (Fsp3) is 0.486. The standard InChI is InChI=1S/C35H47ClFN9OSi/c1-8-43-11-13-44(14-12-43)21-25-9-10-30(34-27(25)19-39-45(34)22-47-15-16-48(5,6)7)41-35-38-20-28(36)32(42-35)26-17-29(37)33-31(18-26)46(23(2)3)24(4)40-33/h9-10,17-20,23H,8,11-16,21-22H2,1-7H3,(H,38,41,42). The summed E-state index contributed by atoms with van der Waals surface area (Å²) in [6.45, 7) is 22.5. The van der Waals surface area contributed by atoms with E-state index in [1.165, 1.54) is 11.6 Å². The van der Waals surface area contributed by atoms with E-state index >= 15 is 4.39 Å². The molecule has 4 heterocycles. The number of piperazine rings is 1.